The number of carbonyl (C=O) groups is 1. The average Bonchev–Trinajstić information content (AvgIpc) is 2.20. The van der Waals surface area contributed by atoms with Crippen LogP contribution < -0.4 is 11.1 Å². The fourth-order valence-electron chi connectivity index (χ4n) is 1.27. The van der Waals surface area contributed by atoms with E-state index in [1.165, 1.54) is 6.92 Å². The van der Waals surface area contributed by atoms with Crippen molar-refractivity contribution < 1.29 is 4.79 Å². The van der Waals surface area contributed by atoms with Crippen molar-refractivity contribution in [2.75, 3.05) is 12.3 Å². The summed E-state index contributed by atoms with van der Waals surface area (Å²) in [6.07, 6.45) is 6.37. The van der Waals surface area contributed by atoms with Gasteiger partial charge in [0.15, 0.2) is 0 Å². The first-order valence-electron chi connectivity index (χ1n) is 5.22. The zero-order valence-electron chi connectivity index (χ0n) is 9.66. The number of nitrogens with two attached hydrogens (primary N) is 1. The van der Waals surface area contributed by atoms with Crippen LogP contribution in [0.3, 0.4) is 0 Å². The fourth-order valence-corrected chi connectivity index (χ4v) is 1.27. The van der Waals surface area contributed by atoms with E-state index in [9.17, 15) is 4.79 Å². The van der Waals surface area contributed by atoms with E-state index in [0.29, 0.717) is 12.2 Å². The summed E-state index contributed by atoms with van der Waals surface area (Å²) in [5, 5.41) is 2.71. The Balaban J connectivity index is 2.47. The molecule has 4 nitrogen and oxygen atoms in total. The molecule has 0 aliphatic heterocycles. The standard InChI is InChI=1S/C12H17N3O/c1-9-7-11(13)12(15-8-9)5-3-4-6-14-10(2)16/h3,5,7-8H,4,6,13H2,1-2H3,(H,14,16). The molecule has 3 N–H and O–H groups in total. The Morgan fingerprint density at radius 3 is 3.00 bits per heavy atom. The van der Waals surface area contributed by atoms with Crippen LogP contribution in [-0.4, -0.2) is 17.4 Å². The summed E-state index contributed by atoms with van der Waals surface area (Å²) in [4.78, 5) is 14.8. The van der Waals surface area contributed by atoms with Crippen molar-refractivity contribution in [2.45, 2.75) is 20.3 Å². The van der Waals surface area contributed by atoms with Crippen LogP contribution in [0.15, 0.2) is 18.3 Å². The highest BCUT2D eigenvalue weighted by Crippen LogP contribution is 2.11. The van der Waals surface area contributed by atoms with Crippen LogP contribution in [-0.2, 0) is 4.79 Å². The van der Waals surface area contributed by atoms with Crippen LogP contribution in [0.1, 0.15) is 24.6 Å². The minimum atomic E-state index is -0.0126. The summed E-state index contributed by atoms with van der Waals surface area (Å²) in [5.41, 5.74) is 8.30. The number of nitrogens with one attached hydrogen (secondary N) is 1. The van der Waals surface area contributed by atoms with E-state index < -0.39 is 0 Å². The van der Waals surface area contributed by atoms with Gasteiger partial charge in [0.05, 0.1) is 11.4 Å². The molecule has 1 aromatic rings. The largest absolute Gasteiger partial charge is 0.397 e. The Bertz CT molecular complexity index is 399. The molecule has 0 saturated heterocycles. The van der Waals surface area contributed by atoms with Gasteiger partial charge in [0, 0.05) is 19.7 Å². The first-order chi connectivity index (χ1) is 7.59. The van der Waals surface area contributed by atoms with Crippen LogP contribution in [0.2, 0.25) is 0 Å². The molecule has 16 heavy (non-hydrogen) atoms. The third-order valence-electron chi connectivity index (χ3n) is 2.05. The lowest BCUT2D eigenvalue weighted by Gasteiger charge is -2.00. The van der Waals surface area contributed by atoms with Gasteiger partial charge in [-0.15, -0.1) is 0 Å². The van der Waals surface area contributed by atoms with Crippen molar-refractivity contribution in [3.05, 3.63) is 29.6 Å². The highest BCUT2D eigenvalue weighted by atomic mass is 16.1. The van der Waals surface area contributed by atoms with Gasteiger partial charge in [-0.1, -0.05) is 6.08 Å². The second-order valence-corrected chi connectivity index (χ2v) is 3.66. The van der Waals surface area contributed by atoms with Crippen molar-refractivity contribution in [1.29, 1.82) is 0 Å². The number of carbonyl (C=O) groups excluding carboxylic acids is 1. The van der Waals surface area contributed by atoms with Gasteiger partial charge >= 0.3 is 0 Å². The predicted octanol–water partition coefficient (Wildman–Crippen LogP) is 1.51. The Morgan fingerprint density at radius 2 is 2.38 bits per heavy atom. The maximum atomic E-state index is 10.6. The molecule has 0 radical (unpaired) electrons. The van der Waals surface area contributed by atoms with E-state index in [1.807, 2.05) is 25.1 Å². The number of nitrogens with zero attached hydrogens (tertiary/aromatic N) is 1. The van der Waals surface area contributed by atoms with Gasteiger partial charge in [-0.3, -0.25) is 9.78 Å². The molecule has 1 amide bonds. The first kappa shape index (κ1) is 12.2. The van der Waals surface area contributed by atoms with Gasteiger partial charge in [0.1, 0.15) is 0 Å². The molecular weight excluding hydrogens is 202 g/mol. The number of rotatable bonds is 4. The van der Waals surface area contributed by atoms with Crippen LogP contribution >= 0.6 is 0 Å². The number of amides is 1. The van der Waals surface area contributed by atoms with E-state index in [-0.39, 0.29) is 5.91 Å². The molecule has 0 bridgehead atoms. The number of hydrogen-bond donors (Lipinski definition) is 2. The van der Waals surface area contributed by atoms with Crippen molar-refractivity contribution >= 4 is 17.7 Å². The van der Waals surface area contributed by atoms with Crippen molar-refractivity contribution in [1.82, 2.24) is 10.3 Å². The quantitative estimate of drug-likeness (QED) is 0.754. The SMILES string of the molecule is CC(=O)NCCC=Cc1ncc(C)cc1N. The predicted molar refractivity (Wildman–Crippen MR) is 65.7 cm³/mol. The molecular formula is C12H17N3O. The van der Waals surface area contributed by atoms with Gasteiger partial charge in [0.25, 0.3) is 0 Å². The maximum Gasteiger partial charge on any atom is 0.216 e. The normalized spacial score (nSPS) is 10.6. The highest BCUT2D eigenvalue weighted by molar-refractivity contribution is 5.72. The minimum absolute atomic E-state index is 0.0126. The van der Waals surface area contributed by atoms with Crippen LogP contribution in [0.4, 0.5) is 5.69 Å². The average molecular weight is 219 g/mol. The third-order valence-corrected chi connectivity index (χ3v) is 2.05. The zero-order valence-corrected chi connectivity index (χ0v) is 9.66. The molecule has 0 fully saturated rings. The summed E-state index contributed by atoms with van der Waals surface area (Å²) in [7, 11) is 0. The Morgan fingerprint density at radius 1 is 1.62 bits per heavy atom. The Kier molecular flexibility index (Phi) is 4.51. The Labute approximate surface area is 95.6 Å². The fraction of sp³-hybridized carbons (Fsp3) is 0.333. The molecule has 86 valence electrons. The molecule has 4 heteroatoms. The number of anilines is 1. The monoisotopic (exact) mass is 219 g/mol. The number of hydrogen-bond acceptors (Lipinski definition) is 3. The van der Waals surface area contributed by atoms with Gasteiger partial charge in [-0.05, 0) is 31.1 Å². The van der Waals surface area contributed by atoms with Crippen molar-refractivity contribution in [3.63, 3.8) is 0 Å². The minimum Gasteiger partial charge on any atom is -0.397 e. The number of pyridine rings is 1. The number of aryl methyl sites for hydroxylation is 1. The first-order valence-corrected chi connectivity index (χ1v) is 5.22. The van der Waals surface area contributed by atoms with E-state index >= 15 is 0 Å². The molecule has 0 aliphatic rings. The Hall–Kier alpha value is -1.84. The molecule has 1 aromatic heterocycles. The molecule has 1 rings (SSSR count). The summed E-state index contributed by atoms with van der Waals surface area (Å²) in [6, 6.07) is 1.89. The summed E-state index contributed by atoms with van der Waals surface area (Å²) in [6.45, 7) is 4.09. The van der Waals surface area contributed by atoms with Gasteiger partial charge < -0.3 is 11.1 Å². The molecule has 0 spiro atoms. The summed E-state index contributed by atoms with van der Waals surface area (Å²) >= 11 is 0. The topological polar surface area (TPSA) is 68.0 Å². The number of nitrogen functional groups attached to an aromatic ring is 1. The van der Waals surface area contributed by atoms with E-state index in [4.69, 9.17) is 5.73 Å². The molecule has 0 saturated carbocycles. The van der Waals surface area contributed by atoms with Crippen molar-refractivity contribution in [2.24, 2.45) is 0 Å². The molecule has 0 aliphatic carbocycles. The molecule has 0 atom stereocenters. The van der Waals surface area contributed by atoms with E-state index in [2.05, 4.69) is 10.3 Å². The van der Waals surface area contributed by atoms with Crippen LogP contribution in [0, 0.1) is 6.92 Å². The van der Waals surface area contributed by atoms with E-state index in [0.717, 1.165) is 17.7 Å². The number of aromatic nitrogens is 1. The lowest BCUT2D eigenvalue weighted by Crippen LogP contribution is -2.20. The van der Waals surface area contributed by atoms with Gasteiger partial charge in [-0.25, -0.2) is 0 Å². The van der Waals surface area contributed by atoms with Crippen LogP contribution in [0.25, 0.3) is 6.08 Å². The zero-order chi connectivity index (χ0) is 12.0. The molecule has 0 aromatic carbocycles. The van der Waals surface area contributed by atoms with Gasteiger partial charge in [-0.2, -0.15) is 0 Å². The second kappa shape index (κ2) is 5.90. The highest BCUT2D eigenvalue weighted by Gasteiger charge is 1.96. The van der Waals surface area contributed by atoms with Crippen molar-refractivity contribution in [3.8, 4) is 0 Å². The van der Waals surface area contributed by atoms with E-state index in [1.54, 1.807) is 6.20 Å². The lowest BCUT2D eigenvalue weighted by atomic mass is 10.2. The van der Waals surface area contributed by atoms with Crippen LogP contribution in [0.5, 0.6) is 0 Å². The molecule has 0 unspecified atom stereocenters. The van der Waals surface area contributed by atoms with Gasteiger partial charge in [0.2, 0.25) is 5.91 Å². The smallest absolute Gasteiger partial charge is 0.216 e. The summed E-state index contributed by atoms with van der Waals surface area (Å²) in [5.74, 6) is -0.0126. The summed E-state index contributed by atoms with van der Waals surface area (Å²) < 4.78 is 0. The maximum absolute atomic E-state index is 10.6. The molecule has 1 heterocycles. The third kappa shape index (κ3) is 4.13. The second-order valence-electron chi connectivity index (χ2n) is 3.66. The lowest BCUT2D eigenvalue weighted by molar-refractivity contribution is -0.118.